The lowest BCUT2D eigenvalue weighted by molar-refractivity contribution is 0.0695. The normalized spacial score (nSPS) is 15.8. The number of nitriles is 1. The number of fused-ring (bicyclic) bond motifs is 1. The minimum atomic E-state index is -1.38. The van der Waals surface area contributed by atoms with Gasteiger partial charge in [0.25, 0.3) is 0 Å². The molecule has 44 heavy (non-hydrogen) atoms. The summed E-state index contributed by atoms with van der Waals surface area (Å²) >= 11 is 0. The monoisotopic (exact) mass is 595 g/mol. The average molecular weight is 596 g/mol. The number of hydrogen-bond acceptors (Lipinski definition) is 7. The summed E-state index contributed by atoms with van der Waals surface area (Å²) in [6.07, 6.45) is 4.96. The first-order valence-corrected chi connectivity index (χ1v) is 14.9. The molecular formula is C34H34FN5O4. The summed E-state index contributed by atoms with van der Waals surface area (Å²) in [5, 5.41) is 18.9. The molecule has 0 amide bonds. The van der Waals surface area contributed by atoms with Crippen LogP contribution in [0.5, 0.6) is 5.75 Å². The molecule has 1 aromatic heterocycles. The molecule has 2 aliphatic heterocycles. The molecule has 3 aromatic carbocycles. The maximum absolute atomic E-state index is 15.9. The van der Waals surface area contributed by atoms with Crippen molar-refractivity contribution in [2.45, 2.75) is 25.8 Å². The maximum atomic E-state index is 15.9. The Kier molecular flexibility index (Phi) is 8.22. The average Bonchev–Trinajstić information content (AvgIpc) is 3.05. The molecule has 6 rings (SSSR count). The number of aromatic carboxylic acids is 1. The summed E-state index contributed by atoms with van der Waals surface area (Å²) in [6, 6.07) is 18.4. The van der Waals surface area contributed by atoms with Gasteiger partial charge in [-0.15, -0.1) is 0 Å². The van der Waals surface area contributed by atoms with Crippen molar-refractivity contribution >= 4 is 28.2 Å². The highest BCUT2D eigenvalue weighted by molar-refractivity contribution is 5.97. The third-order valence-electron chi connectivity index (χ3n) is 8.63. The van der Waals surface area contributed by atoms with Crippen molar-refractivity contribution in [2.24, 2.45) is 0 Å². The molecular weight excluding hydrogens is 561 g/mol. The molecule has 0 atom stereocenters. The SMILES string of the molecule is COc1c(N2CCN(c3ccc(C#N)cc3)CC2)c(F)cc2c(=O)c(C(=O)O)cn(-c3ccc(CN4CCCCC4)cc3)c12. The van der Waals surface area contributed by atoms with Crippen molar-refractivity contribution in [2.75, 3.05) is 56.2 Å². The Bertz CT molecular complexity index is 1780. The van der Waals surface area contributed by atoms with Crippen LogP contribution in [0.1, 0.15) is 40.7 Å². The van der Waals surface area contributed by atoms with E-state index in [0.29, 0.717) is 42.9 Å². The molecule has 1 N–H and O–H groups in total. The fourth-order valence-corrected chi connectivity index (χ4v) is 6.33. The fourth-order valence-electron chi connectivity index (χ4n) is 6.33. The number of hydrogen-bond donors (Lipinski definition) is 1. The third kappa shape index (κ3) is 5.58. The Morgan fingerprint density at radius 1 is 0.932 bits per heavy atom. The summed E-state index contributed by atoms with van der Waals surface area (Å²) in [4.78, 5) is 31.9. The van der Waals surface area contributed by atoms with E-state index in [4.69, 9.17) is 10.00 Å². The van der Waals surface area contributed by atoms with E-state index >= 15 is 4.39 Å². The predicted molar refractivity (Wildman–Crippen MR) is 168 cm³/mol. The van der Waals surface area contributed by atoms with E-state index in [1.54, 1.807) is 16.7 Å². The number of ether oxygens (including phenoxy) is 1. The molecule has 9 nitrogen and oxygen atoms in total. The summed E-state index contributed by atoms with van der Waals surface area (Å²) in [5.41, 5.74) is 2.69. The first kappa shape index (κ1) is 29.2. The zero-order valence-corrected chi connectivity index (χ0v) is 24.6. The van der Waals surface area contributed by atoms with Gasteiger partial charge in [-0.2, -0.15) is 5.26 Å². The van der Waals surface area contributed by atoms with E-state index in [0.717, 1.165) is 37.0 Å². The van der Waals surface area contributed by atoms with Crippen LogP contribution in [-0.2, 0) is 6.54 Å². The number of pyridine rings is 1. The van der Waals surface area contributed by atoms with E-state index in [1.165, 1.54) is 32.6 Å². The highest BCUT2D eigenvalue weighted by atomic mass is 19.1. The van der Waals surface area contributed by atoms with Gasteiger partial charge in [0.1, 0.15) is 16.8 Å². The van der Waals surface area contributed by atoms with Crippen LogP contribution in [-0.4, -0.2) is 66.9 Å². The van der Waals surface area contributed by atoms with Crippen molar-refractivity contribution in [3.05, 3.63) is 93.5 Å². The van der Waals surface area contributed by atoms with Gasteiger partial charge in [-0.3, -0.25) is 9.69 Å². The van der Waals surface area contributed by atoms with Crippen LogP contribution in [0.15, 0.2) is 65.6 Å². The number of likely N-dealkylation sites (tertiary alicyclic amines) is 1. The Balaban J connectivity index is 1.38. The largest absolute Gasteiger partial charge is 0.492 e. The number of rotatable bonds is 7. The van der Waals surface area contributed by atoms with Crippen LogP contribution in [0.4, 0.5) is 15.8 Å². The fraction of sp³-hybridized carbons (Fsp3) is 0.324. The molecule has 2 fully saturated rings. The molecule has 0 bridgehead atoms. The van der Waals surface area contributed by atoms with Gasteiger partial charge in [-0.05, 0) is 74.0 Å². The molecule has 0 saturated carbocycles. The summed E-state index contributed by atoms with van der Waals surface area (Å²) < 4.78 is 23.4. The molecule has 10 heteroatoms. The molecule has 0 radical (unpaired) electrons. The summed E-state index contributed by atoms with van der Waals surface area (Å²) in [6.45, 7) is 5.16. The van der Waals surface area contributed by atoms with Gasteiger partial charge in [0.2, 0.25) is 5.43 Å². The van der Waals surface area contributed by atoms with Crippen molar-refractivity contribution in [3.63, 3.8) is 0 Å². The topological polar surface area (TPSA) is 102 Å². The zero-order chi connectivity index (χ0) is 30.8. The minimum absolute atomic E-state index is 0.0587. The lowest BCUT2D eigenvalue weighted by Gasteiger charge is -2.38. The van der Waals surface area contributed by atoms with Crippen LogP contribution < -0.4 is 20.0 Å². The maximum Gasteiger partial charge on any atom is 0.341 e. The number of benzene rings is 3. The van der Waals surface area contributed by atoms with E-state index < -0.39 is 22.8 Å². The molecule has 0 unspecified atom stereocenters. The van der Waals surface area contributed by atoms with Gasteiger partial charge in [0, 0.05) is 50.3 Å². The van der Waals surface area contributed by atoms with Crippen molar-refractivity contribution in [1.82, 2.24) is 9.47 Å². The number of piperidine rings is 1. The van der Waals surface area contributed by atoms with E-state index in [2.05, 4.69) is 15.9 Å². The van der Waals surface area contributed by atoms with Gasteiger partial charge < -0.3 is 24.2 Å². The number of nitrogens with zero attached hydrogens (tertiary/aromatic N) is 5. The van der Waals surface area contributed by atoms with Crippen LogP contribution >= 0.6 is 0 Å². The second-order valence-corrected chi connectivity index (χ2v) is 11.3. The highest BCUT2D eigenvalue weighted by Crippen LogP contribution is 2.40. The van der Waals surface area contributed by atoms with Gasteiger partial charge in [-0.1, -0.05) is 18.6 Å². The number of methoxy groups -OCH3 is 1. The van der Waals surface area contributed by atoms with Gasteiger partial charge in [0.05, 0.1) is 24.1 Å². The predicted octanol–water partition coefficient (Wildman–Crippen LogP) is 5.02. The molecule has 2 aliphatic rings. The molecule has 226 valence electrons. The number of carboxylic acids is 1. The van der Waals surface area contributed by atoms with Gasteiger partial charge in [-0.25, -0.2) is 9.18 Å². The molecule has 0 aliphatic carbocycles. The van der Waals surface area contributed by atoms with E-state index in [-0.39, 0.29) is 16.8 Å². The van der Waals surface area contributed by atoms with Crippen LogP contribution in [0.3, 0.4) is 0 Å². The highest BCUT2D eigenvalue weighted by Gasteiger charge is 2.28. The number of carboxylic acid groups (broad SMARTS) is 1. The minimum Gasteiger partial charge on any atom is -0.492 e. The number of aromatic nitrogens is 1. The molecule has 2 saturated heterocycles. The lowest BCUT2D eigenvalue weighted by Crippen LogP contribution is -2.47. The van der Waals surface area contributed by atoms with E-state index in [1.807, 2.05) is 41.3 Å². The third-order valence-corrected chi connectivity index (χ3v) is 8.63. The van der Waals surface area contributed by atoms with Crippen molar-refractivity contribution < 1.29 is 19.0 Å². The number of halogens is 1. The second-order valence-electron chi connectivity index (χ2n) is 11.3. The zero-order valence-electron chi connectivity index (χ0n) is 24.6. The van der Waals surface area contributed by atoms with Crippen LogP contribution in [0.25, 0.3) is 16.6 Å². The second kappa shape index (κ2) is 12.4. The van der Waals surface area contributed by atoms with Crippen LogP contribution in [0, 0.1) is 17.1 Å². The smallest absolute Gasteiger partial charge is 0.341 e. The Hall–Kier alpha value is -4.88. The number of piperazine rings is 1. The van der Waals surface area contributed by atoms with Crippen molar-refractivity contribution in [1.29, 1.82) is 5.26 Å². The van der Waals surface area contributed by atoms with Crippen LogP contribution in [0.2, 0.25) is 0 Å². The van der Waals surface area contributed by atoms with Gasteiger partial charge in [0.15, 0.2) is 11.6 Å². The number of anilines is 2. The molecule has 0 spiro atoms. The van der Waals surface area contributed by atoms with Gasteiger partial charge >= 0.3 is 5.97 Å². The first-order valence-electron chi connectivity index (χ1n) is 14.9. The van der Waals surface area contributed by atoms with E-state index in [9.17, 15) is 14.7 Å². The first-order chi connectivity index (χ1) is 21.4. The Morgan fingerprint density at radius 2 is 1.57 bits per heavy atom. The van der Waals surface area contributed by atoms with Crippen molar-refractivity contribution in [3.8, 4) is 17.5 Å². The lowest BCUT2D eigenvalue weighted by atomic mass is 10.1. The standard InChI is InChI=1S/C34H34FN5O4/c1-44-33-30-27(19-29(35)31(33)39-17-15-38(16-18-39)25-9-5-23(20-36)6-10-25)32(41)28(34(42)43)22-40(30)26-11-7-24(8-12-26)21-37-13-3-2-4-14-37/h5-12,19,22H,2-4,13-18,21H2,1H3,(H,42,43). The Labute approximate surface area is 254 Å². The summed E-state index contributed by atoms with van der Waals surface area (Å²) in [5.74, 6) is -1.85. The Morgan fingerprint density at radius 3 is 2.18 bits per heavy atom. The number of carbonyl (C=O) groups is 1. The summed E-state index contributed by atoms with van der Waals surface area (Å²) in [7, 11) is 1.44. The quantitative estimate of drug-likeness (QED) is 0.318. The molecule has 3 heterocycles. The molecule has 4 aromatic rings.